The van der Waals surface area contributed by atoms with Crippen LogP contribution in [-0.2, 0) is 24.9 Å². The summed E-state index contributed by atoms with van der Waals surface area (Å²) in [6.45, 7) is 0. The summed E-state index contributed by atoms with van der Waals surface area (Å²) in [7, 11) is 0. The molecule has 0 fully saturated rings. The Morgan fingerprint density at radius 3 is 1.20 bits per heavy atom. The zero-order valence-electron chi connectivity index (χ0n) is 2.07. The van der Waals surface area contributed by atoms with Gasteiger partial charge in [0.05, 0.1) is 23.7 Å². The Morgan fingerprint density at radius 2 is 1.20 bits per heavy atom. The van der Waals surface area contributed by atoms with E-state index in [1.165, 1.54) is 0 Å². The van der Waals surface area contributed by atoms with Gasteiger partial charge in [-0.2, -0.15) is 3.84 Å². The zero-order chi connectivity index (χ0) is 2.71. The van der Waals surface area contributed by atoms with Crippen molar-refractivity contribution < 1.29 is 30.4 Å². The van der Waals surface area contributed by atoms with Gasteiger partial charge in [0.2, 0.25) is 0 Å². The van der Waals surface area contributed by atoms with Crippen molar-refractivity contribution in [1.29, 1.82) is 0 Å². The molecule has 0 aromatic heterocycles. The van der Waals surface area contributed by atoms with Crippen LogP contribution >= 0.6 is 23.7 Å². The molecule has 0 aromatic rings. The van der Waals surface area contributed by atoms with Gasteiger partial charge in [0, 0.05) is 21.1 Å². The number of hydrogen-bond acceptors (Lipinski definition) is 1. The molecule has 0 aliphatic carbocycles. The molecule has 0 saturated heterocycles. The maximum Gasteiger partial charge on any atom is 0.0832 e. The van der Waals surface area contributed by atoms with Crippen LogP contribution < -0.4 is 0 Å². The van der Waals surface area contributed by atoms with Crippen molar-refractivity contribution in [2.75, 3.05) is 0 Å². The Morgan fingerprint density at radius 1 is 1.20 bits per heavy atom. The molecular weight excluding hydrogens is 199 g/mol. The average Bonchev–Trinajstić information content (AvgIpc) is 0.918. The van der Waals surface area contributed by atoms with Gasteiger partial charge in [-0.1, -0.05) is 0 Å². The van der Waals surface area contributed by atoms with E-state index < -0.39 is 0 Å². The quantitative estimate of drug-likeness (QED) is 0.525. The predicted molar refractivity (Wildman–Crippen MR) is 16.4 cm³/mol. The first-order chi connectivity index (χ1) is 1.41. The Hall–Kier alpha value is 1.19. The summed E-state index contributed by atoms with van der Waals surface area (Å²) in [4.78, 5) is 0. The van der Waals surface area contributed by atoms with E-state index in [9.17, 15) is 0 Å². The number of rotatable bonds is 0. The summed E-state index contributed by atoms with van der Waals surface area (Å²) in [5, 5.41) is 0. The molecule has 2 nitrogen and oxygen atoms in total. The van der Waals surface area contributed by atoms with E-state index in [1.807, 2.05) is 0 Å². The maximum atomic E-state index is 4.26. The molecule has 0 aliphatic heterocycles. The second-order valence-electron chi connectivity index (χ2n) is 0.0583. The van der Waals surface area contributed by atoms with Crippen LogP contribution in [0.2, 0.25) is 0 Å². The van der Waals surface area contributed by atoms with Crippen LogP contribution in [0.15, 0.2) is 0 Å². The van der Waals surface area contributed by atoms with E-state index in [2.05, 4.69) is 27.6 Å². The van der Waals surface area contributed by atoms with Gasteiger partial charge in [-0.3, -0.25) is 0 Å². The van der Waals surface area contributed by atoms with Gasteiger partial charge >= 0.3 is 0 Å². The molecule has 0 bridgehead atoms. The second kappa shape index (κ2) is 19.0. The van der Waals surface area contributed by atoms with Crippen LogP contribution in [0.3, 0.4) is 0 Å². The van der Waals surface area contributed by atoms with Crippen LogP contribution in [0.1, 0.15) is 0 Å². The minimum Gasteiger partial charge on any atom is -0.412 e. The molecule has 0 radical (unpaired) electrons. The normalized spacial score (nSPS) is 3.60. The minimum atomic E-state index is 0. The number of hydrogen-bond donors (Lipinski definition) is 0. The molecule has 0 amide bonds. The van der Waals surface area contributed by atoms with Crippen molar-refractivity contribution in [1.82, 2.24) is 0 Å². The standard InChI is InChI=1S/Cl2O.Mo.H2O/c1-3-2;;/h;;1H2. The fourth-order valence-electron chi connectivity index (χ4n) is 0. The van der Waals surface area contributed by atoms with Gasteiger partial charge in [-0.15, -0.1) is 0 Å². The Kier molecular flexibility index (Phi) is 62.3. The van der Waals surface area contributed by atoms with Gasteiger partial charge < -0.3 is 5.48 Å². The van der Waals surface area contributed by atoms with E-state index >= 15 is 0 Å². The third-order valence-corrected chi connectivity index (χ3v) is 0. The molecule has 0 aliphatic rings. The van der Waals surface area contributed by atoms with Crippen LogP contribution in [0.4, 0.5) is 0 Å². The molecule has 5 heteroatoms. The molecule has 0 saturated carbocycles. The molecule has 0 atom stereocenters. The van der Waals surface area contributed by atoms with E-state index in [1.54, 1.807) is 0 Å². The molecule has 2 N–H and O–H groups in total. The molecular formula is H2Cl2MoO2. The molecule has 0 rings (SSSR count). The summed E-state index contributed by atoms with van der Waals surface area (Å²) < 4.78 is 3.19. The van der Waals surface area contributed by atoms with Gasteiger partial charge in [-0.25, -0.2) is 0 Å². The summed E-state index contributed by atoms with van der Waals surface area (Å²) in [5.41, 5.74) is 0. The molecule has 0 heterocycles. The van der Waals surface area contributed by atoms with Crippen LogP contribution in [-0.4, -0.2) is 5.48 Å². The summed E-state index contributed by atoms with van der Waals surface area (Å²) in [6.07, 6.45) is 0. The van der Waals surface area contributed by atoms with Crippen LogP contribution in [0.25, 0.3) is 0 Å². The SMILES string of the molecule is ClOCl.O.[Mo]. The summed E-state index contributed by atoms with van der Waals surface area (Å²) >= 11 is 8.53. The molecule has 0 aromatic carbocycles. The van der Waals surface area contributed by atoms with E-state index in [4.69, 9.17) is 0 Å². The first-order valence-electron chi connectivity index (χ1n) is 0.309. The molecule has 34 valence electrons. The van der Waals surface area contributed by atoms with Crippen molar-refractivity contribution in [2.45, 2.75) is 0 Å². The van der Waals surface area contributed by atoms with Gasteiger partial charge in [0.1, 0.15) is 0 Å². The van der Waals surface area contributed by atoms with Gasteiger partial charge in [0.25, 0.3) is 0 Å². The molecule has 0 spiro atoms. The maximum absolute atomic E-state index is 4.26. The Labute approximate surface area is 54.3 Å². The van der Waals surface area contributed by atoms with Crippen molar-refractivity contribution >= 4 is 23.7 Å². The first kappa shape index (κ1) is 16.4. The second-order valence-corrected chi connectivity index (χ2v) is 0.525. The van der Waals surface area contributed by atoms with Gasteiger partial charge in [-0.05, 0) is 0 Å². The predicted octanol–water partition coefficient (Wildman–Crippen LogP) is 0.483. The van der Waals surface area contributed by atoms with E-state index in [0.29, 0.717) is 0 Å². The van der Waals surface area contributed by atoms with E-state index in [0.717, 1.165) is 0 Å². The summed E-state index contributed by atoms with van der Waals surface area (Å²) in [5.74, 6) is 0. The van der Waals surface area contributed by atoms with E-state index in [-0.39, 0.29) is 26.5 Å². The first-order valence-corrected chi connectivity index (χ1v) is 0.926. The smallest absolute Gasteiger partial charge is 0.0832 e. The van der Waals surface area contributed by atoms with Crippen molar-refractivity contribution in [2.24, 2.45) is 0 Å². The Balaban J connectivity index is -0.0000000200. The van der Waals surface area contributed by atoms with Gasteiger partial charge in [0.15, 0.2) is 0 Å². The number of halogens is 2. The molecule has 0 unspecified atom stereocenters. The molecule has 5 heavy (non-hydrogen) atoms. The minimum absolute atomic E-state index is 0. The average molecular weight is 201 g/mol. The third kappa shape index (κ3) is 37.3. The Bertz CT molecular complexity index is 7.61. The van der Waals surface area contributed by atoms with Crippen molar-refractivity contribution in [3.63, 3.8) is 0 Å². The monoisotopic (exact) mass is 202 g/mol. The fourth-order valence-corrected chi connectivity index (χ4v) is 0. The van der Waals surface area contributed by atoms with Crippen molar-refractivity contribution in [3.8, 4) is 0 Å². The van der Waals surface area contributed by atoms with Crippen LogP contribution in [0, 0.1) is 0 Å². The largest absolute Gasteiger partial charge is 0.412 e. The zero-order valence-corrected chi connectivity index (χ0v) is 5.59. The van der Waals surface area contributed by atoms with Crippen molar-refractivity contribution in [3.05, 3.63) is 0 Å². The fraction of sp³-hybridized carbons (Fsp3) is 0. The third-order valence-electron chi connectivity index (χ3n) is 0. The summed E-state index contributed by atoms with van der Waals surface area (Å²) in [6, 6.07) is 0. The topological polar surface area (TPSA) is 40.7 Å². The van der Waals surface area contributed by atoms with Crippen LogP contribution in [0.5, 0.6) is 0 Å².